The first kappa shape index (κ1) is 15.1. The monoisotopic (exact) mass is 238 g/mol. The number of hydrogen-bond donors (Lipinski definition) is 0. The van der Waals surface area contributed by atoms with E-state index >= 15 is 0 Å². The van der Waals surface area contributed by atoms with Gasteiger partial charge >= 0.3 is 0 Å². The van der Waals surface area contributed by atoms with Crippen LogP contribution in [0.4, 0.5) is 0 Å². The molecule has 0 nitrogen and oxygen atoms in total. The zero-order chi connectivity index (χ0) is 13.3. The van der Waals surface area contributed by atoms with Crippen LogP contribution < -0.4 is 0 Å². The van der Waals surface area contributed by atoms with Crippen LogP contribution in [0.25, 0.3) is 0 Å². The predicted octanol–water partition coefficient (Wildman–Crippen LogP) is 5.48. The van der Waals surface area contributed by atoms with Crippen molar-refractivity contribution in [3.05, 3.63) is 0 Å². The van der Waals surface area contributed by atoms with Crippen LogP contribution in [0.3, 0.4) is 0 Å². The van der Waals surface area contributed by atoms with Crippen molar-refractivity contribution >= 4 is 0 Å². The Labute approximate surface area is 110 Å². The SMILES string of the molecule is CC(C)C1CC(C(C)C)C(C(C)C)C1C(C)C. The first-order chi connectivity index (χ1) is 7.77. The summed E-state index contributed by atoms with van der Waals surface area (Å²) in [7, 11) is 0. The van der Waals surface area contributed by atoms with E-state index in [2.05, 4.69) is 55.4 Å². The topological polar surface area (TPSA) is 0 Å². The van der Waals surface area contributed by atoms with Crippen molar-refractivity contribution in [2.45, 2.75) is 61.8 Å². The quantitative estimate of drug-likeness (QED) is 0.608. The molecular weight excluding hydrogens is 204 g/mol. The van der Waals surface area contributed by atoms with Crippen molar-refractivity contribution in [3.63, 3.8) is 0 Å². The minimum atomic E-state index is 0.846. The molecule has 4 atom stereocenters. The van der Waals surface area contributed by atoms with Gasteiger partial charge in [0.25, 0.3) is 0 Å². The molecule has 0 aliphatic heterocycles. The van der Waals surface area contributed by atoms with Gasteiger partial charge in [-0.1, -0.05) is 55.4 Å². The maximum Gasteiger partial charge on any atom is -0.0327 e. The molecule has 0 aromatic heterocycles. The van der Waals surface area contributed by atoms with Gasteiger partial charge in [-0.3, -0.25) is 0 Å². The lowest BCUT2D eigenvalue weighted by Gasteiger charge is -2.35. The zero-order valence-corrected chi connectivity index (χ0v) is 13.3. The van der Waals surface area contributed by atoms with Crippen LogP contribution in [0.15, 0.2) is 0 Å². The van der Waals surface area contributed by atoms with Crippen LogP contribution in [0, 0.1) is 47.3 Å². The van der Waals surface area contributed by atoms with Gasteiger partial charge < -0.3 is 0 Å². The van der Waals surface area contributed by atoms with Crippen molar-refractivity contribution in [1.29, 1.82) is 0 Å². The molecule has 0 amide bonds. The third-order valence-electron chi connectivity index (χ3n) is 5.23. The lowest BCUT2D eigenvalue weighted by atomic mass is 9.70. The molecule has 0 spiro atoms. The van der Waals surface area contributed by atoms with E-state index in [1.54, 1.807) is 0 Å². The maximum atomic E-state index is 2.44. The van der Waals surface area contributed by atoms with Crippen LogP contribution in [0.2, 0.25) is 0 Å². The Bertz CT molecular complexity index is 200. The molecule has 1 aliphatic rings. The average molecular weight is 238 g/mol. The van der Waals surface area contributed by atoms with Crippen LogP contribution in [0.1, 0.15) is 61.8 Å². The van der Waals surface area contributed by atoms with Crippen LogP contribution >= 0.6 is 0 Å². The molecule has 102 valence electrons. The molecular formula is C17H34. The molecule has 0 radical (unpaired) electrons. The molecule has 1 saturated carbocycles. The summed E-state index contributed by atoms with van der Waals surface area (Å²) in [6, 6.07) is 0. The highest BCUT2D eigenvalue weighted by molar-refractivity contribution is 4.95. The van der Waals surface area contributed by atoms with Crippen LogP contribution in [-0.4, -0.2) is 0 Å². The Balaban J connectivity index is 3.00. The Morgan fingerprint density at radius 2 is 0.824 bits per heavy atom. The van der Waals surface area contributed by atoms with Crippen LogP contribution in [-0.2, 0) is 0 Å². The van der Waals surface area contributed by atoms with Crippen molar-refractivity contribution in [1.82, 2.24) is 0 Å². The summed E-state index contributed by atoms with van der Waals surface area (Å²) in [6.45, 7) is 19.5. The Kier molecular flexibility index (Phi) is 5.10. The molecule has 0 aromatic rings. The van der Waals surface area contributed by atoms with E-state index in [9.17, 15) is 0 Å². The summed E-state index contributed by atoms with van der Waals surface area (Å²) < 4.78 is 0. The first-order valence-corrected chi connectivity index (χ1v) is 7.77. The average Bonchev–Trinajstić information content (AvgIpc) is 2.56. The number of hydrogen-bond acceptors (Lipinski definition) is 0. The molecule has 17 heavy (non-hydrogen) atoms. The van der Waals surface area contributed by atoms with Gasteiger partial charge in [0.2, 0.25) is 0 Å². The van der Waals surface area contributed by atoms with Gasteiger partial charge in [-0.2, -0.15) is 0 Å². The smallest absolute Gasteiger partial charge is 0.0327 e. The van der Waals surface area contributed by atoms with Gasteiger partial charge in [0.1, 0.15) is 0 Å². The molecule has 0 saturated heterocycles. The Hall–Kier alpha value is 0. The van der Waals surface area contributed by atoms with Gasteiger partial charge in [-0.25, -0.2) is 0 Å². The highest BCUT2D eigenvalue weighted by Gasteiger charge is 2.47. The minimum Gasteiger partial charge on any atom is -0.0625 e. The van der Waals surface area contributed by atoms with E-state index < -0.39 is 0 Å². The molecule has 1 rings (SSSR count). The summed E-state index contributed by atoms with van der Waals surface area (Å²) in [5.41, 5.74) is 0. The van der Waals surface area contributed by atoms with E-state index in [1.807, 2.05) is 0 Å². The highest BCUT2D eigenvalue weighted by Crippen LogP contribution is 2.53. The summed E-state index contributed by atoms with van der Waals surface area (Å²) >= 11 is 0. The molecule has 4 unspecified atom stereocenters. The Morgan fingerprint density at radius 3 is 1.00 bits per heavy atom. The van der Waals surface area contributed by atoms with E-state index in [0.29, 0.717) is 0 Å². The summed E-state index contributed by atoms with van der Waals surface area (Å²) in [5, 5.41) is 0. The maximum absolute atomic E-state index is 2.44. The third-order valence-corrected chi connectivity index (χ3v) is 5.23. The van der Waals surface area contributed by atoms with E-state index in [4.69, 9.17) is 0 Å². The fourth-order valence-corrected chi connectivity index (χ4v) is 4.51. The van der Waals surface area contributed by atoms with Gasteiger partial charge in [-0.15, -0.1) is 0 Å². The van der Waals surface area contributed by atoms with Crippen molar-refractivity contribution in [3.8, 4) is 0 Å². The molecule has 0 N–H and O–H groups in total. The standard InChI is InChI=1S/C17H34/c1-10(2)14-9-15(11(3)4)17(13(7)8)16(14)12(5)6/h10-17H,9H2,1-8H3. The largest absolute Gasteiger partial charge is 0.0625 e. The van der Waals surface area contributed by atoms with Crippen molar-refractivity contribution < 1.29 is 0 Å². The highest BCUT2D eigenvalue weighted by atomic mass is 14.5. The lowest BCUT2D eigenvalue weighted by Crippen LogP contribution is -2.29. The van der Waals surface area contributed by atoms with Crippen LogP contribution in [0.5, 0.6) is 0 Å². The molecule has 1 aliphatic carbocycles. The molecule has 0 bridgehead atoms. The normalized spacial score (nSPS) is 34.6. The van der Waals surface area contributed by atoms with Gasteiger partial charge in [0.05, 0.1) is 0 Å². The van der Waals surface area contributed by atoms with E-state index in [-0.39, 0.29) is 0 Å². The van der Waals surface area contributed by atoms with Gasteiger partial charge in [0, 0.05) is 0 Å². The third kappa shape index (κ3) is 3.06. The molecule has 1 fully saturated rings. The van der Waals surface area contributed by atoms with Crippen molar-refractivity contribution in [2.24, 2.45) is 47.3 Å². The lowest BCUT2D eigenvalue weighted by molar-refractivity contribution is 0.131. The first-order valence-electron chi connectivity index (χ1n) is 7.77. The molecule has 0 heteroatoms. The second-order valence-electron chi connectivity index (χ2n) is 7.69. The fraction of sp³-hybridized carbons (Fsp3) is 1.00. The number of rotatable bonds is 4. The predicted molar refractivity (Wildman–Crippen MR) is 77.9 cm³/mol. The van der Waals surface area contributed by atoms with Crippen molar-refractivity contribution in [2.75, 3.05) is 0 Å². The summed E-state index contributed by atoms with van der Waals surface area (Å²) in [6.07, 6.45) is 1.47. The zero-order valence-electron chi connectivity index (χ0n) is 13.3. The minimum absolute atomic E-state index is 0.846. The molecule has 0 heterocycles. The van der Waals surface area contributed by atoms with Gasteiger partial charge in [0.15, 0.2) is 0 Å². The second kappa shape index (κ2) is 5.76. The van der Waals surface area contributed by atoms with E-state index in [0.717, 1.165) is 47.3 Å². The summed E-state index contributed by atoms with van der Waals surface area (Å²) in [5.74, 6) is 7.20. The second-order valence-corrected chi connectivity index (χ2v) is 7.69. The van der Waals surface area contributed by atoms with Gasteiger partial charge in [-0.05, 0) is 53.8 Å². The van der Waals surface area contributed by atoms with E-state index in [1.165, 1.54) is 6.42 Å². The molecule has 0 aromatic carbocycles. The Morgan fingerprint density at radius 1 is 0.529 bits per heavy atom. The fourth-order valence-electron chi connectivity index (χ4n) is 4.51. The summed E-state index contributed by atoms with van der Waals surface area (Å²) in [4.78, 5) is 0.